The number of anilines is 2. The molecule has 0 bridgehead atoms. The normalized spacial score (nSPS) is 10.3. The average molecular weight is 276 g/mol. The second kappa shape index (κ2) is 5.28. The van der Waals surface area contributed by atoms with E-state index >= 15 is 0 Å². The Bertz CT molecular complexity index is 641. The number of para-hydroxylation sites is 1. The third-order valence-corrected chi connectivity index (χ3v) is 3.05. The fraction of sp³-hybridized carbons (Fsp3) is 0.143. The van der Waals surface area contributed by atoms with Gasteiger partial charge in [0.15, 0.2) is 0 Å². The van der Waals surface area contributed by atoms with Crippen LogP contribution in [0.2, 0.25) is 5.02 Å². The van der Waals surface area contributed by atoms with Crippen molar-refractivity contribution in [2.75, 3.05) is 5.32 Å². The molecule has 0 aliphatic rings. The second-order valence-corrected chi connectivity index (χ2v) is 4.68. The van der Waals surface area contributed by atoms with E-state index in [0.717, 1.165) is 11.3 Å². The van der Waals surface area contributed by atoms with Gasteiger partial charge in [-0.2, -0.15) is 0 Å². The number of pyridine rings is 1. The highest BCUT2D eigenvalue weighted by Gasteiger charge is 2.14. The molecule has 0 fully saturated rings. The number of aromatic nitrogens is 1. The van der Waals surface area contributed by atoms with Crippen LogP contribution in [0, 0.1) is 13.8 Å². The van der Waals surface area contributed by atoms with Crippen LogP contribution in [0.5, 0.6) is 0 Å². The maximum atomic E-state index is 11.5. The van der Waals surface area contributed by atoms with Gasteiger partial charge in [0, 0.05) is 5.69 Å². The van der Waals surface area contributed by atoms with Crippen LogP contribution in [0.4, 0.5) is 11.5 Å². The van der Waals surface area contributed by atoms with Crippen LogP contribution >= 0.6 is 11.6 Å². The molecule has 4 nitrogen and oxygen atoms in total. The van der Waals surface area contributed by atoms with Gasteiger partial charge in [-0.15, -0.1) is 0 Å². The Labute approximate surface area is 116 Å². The largest absolute Gasteiger partial charge is 0.365 e. The van der Waals surface area contributed by atoms with Gasteiger partial charge in [-0.25, -0.2) is 4.98 Å². The van der Waals surface area contributed by atoms with E-state index in [1.54, 1.807) is 6.07 Å². The zero-order valence-corrected chi connectivity index (χ0v) is 11.5. The van der Waals surface area contributed by atoms with Crippen LogP contribution in [0.3, 0.4) is 0 Å². The fourth-order valence-corrected chi connectivity index (χ4v) is 2.11. The molecule has 0 aliphatic heterocycles. The van der Waals surface area contributed by atoms with E-state index in [4.69, 9.17) is 17.3 Å². The monoisotopic (exact) mass is 275 g/mol. The number of nitrogens with two attached hydrogens (primary N) is 1. The summed E-state index contributed by atoms with van der Waals surface area (Å²) >= 11 is 6.08. The van der Waals surface area contributed by atoms with Crippen molar-refractivity contribution in [3.05, 3.63) is 52.2 Å². The number of carbonyl (C=O) groups is 1. The molecule has 1 heterocycles. The smallest absolute Gasteiger partial charge is 0.252 e. The second-order valence-electron chi connectivity index (χ2n) is 4.27. The van der Waals surface area contributed by atoms with Crippen molar-refractivity contribution < 1.29 is 4.79 Å². The quantitative estimate of drug-likeness (QED) is 0.904. The number of nitrogens with zero attached hydrogens (tertiary/aromatic N) is 1. The van der Waals surface area contributed by atoms with Crippen molar-refractivity contribution >= 4 is 29.0 Å². The summed E-state index contributed by atoms with van der Waals surface area (Å²) in [5.74, 6) is -0.0855. The lowest BCUT2D eigenvalue weighted by Crippen LogP contribution is -2.16. The zero-order valence-electron chi connectivity index (χ0n) is 10.7. The van der Waals surface area contributed by atoms with Crippen molar-refractivity contribution in [2.24, 2.45) is 5.73 Å². The standard InChI is InChI=1S/C14H14ClN3O/c1-8-7-9(2)17-14(12(8)13(16)19)18-11-6-4-3-5-10(11)15/h3-7H,1-2H3,(H2,16,19)(H,17,18). The van der Waals surface area contributed by atoms with Crippen molar-refractivity contribution in [1.29, 1.82) is 0 Å². The summed E-state index contributed by atoms with van der Waals surface area (Å²) in [6, 6.07) is 9.07. The molecule has 0 aliphatic carbocycles. The topological polar surface area (TPSA) is 68.0 Å². The zero-order chi connectivity index (χ0) is 14.0. The van der Waals surface area contributed by atoms with Gasteiger partial charge in [-0.05, 0) is 37.6 Å². The molecular weight excluding hydrogens is 262 g/mol. The summed E-state index contributed by atoms with van der Waals surface area (Å²) in [5, 5.41) is 3.61. The van der Waals surface area contributed by atoms with Crippen LogP contribution in [0.25, 0.3) is 0 Å². The van der Waals surface area contributed by atoms with Crippen LogP contribution in [-0.2, 0) is 0 Å². The van der Waals surface area contributed by atoms with Crippen molar-refractivity contribution in [1.82, 2.24) is 4.98 Å². The highest BCUT2D eigenvalue weighted by molar-refractivity contribution is 6.33. The lowest BCUT2D eigenvalue weighted by molar-refractivity contribution is 0.100. The molecule has 3 N–H and O–H groups in total. The molecule has 1 aromatic heterocycles. The lowest BCUT2D eigenvalue weighted by Gasteiger charge is -2.13. The number of halogens is 1. The molecule has 2 aromatic rings. The van der Waals surface area contributed by atoms with Gasteiger partial charge < -0.3 is 11.1 Å². The Morgan fingerprint density at radius 2 is 2.00 bits per heavy atom. The predicted molar refractivity (Wildman–Crippen MR) is 77.0 cm³/mol. The van der Waals surface area contributed by atoms with Gasteiger partial charge in [0.05, 0.1) is 16.3 Å². The molecule has 1 amide bonds. The van der Waals surface area contributed by atoms with E-state index < -0.39 is 5.91 Å². The van der Waals surface area contributed by atoms with E-state index in [1.807, 2.05) is 38.1 Å². The Hall–Kier alpha value is -2.07. The first-order valence-corrected chi connectivity index (χ1v) is 6.16. The molecule has 0 radical (unpaired) electrons. The van der Waals surface area contributed by atoms with Crippen LogP contribution in [0.15, 0.2) is 30.3 Å². The third kappa shape index (κ3) is 2.85. The summed E-state index contributed by atoms with van der Waals surface area (Å²) in [6.45, 7) is 3.68. The van der Waals surface area contributed by atoms with E-state index in [-0.39, 0.29) is 0 Å². The Balaban J connectivity index is 2.51. The van der Waals surface area contributed by atoms with Crippen molar-refractivity contribution in [3.63, 3.8) is 0 Å². The Morgan fingerprint density at radius 1 is 1.32 bits per heavy atom. The number of nitrogens with one attached hydrogen (secondary N) is 1. The van der Waals surface area contributed by atoms with E-state index in [2.05, 4.69) is 10.3 Å². The summed E-state index contributed by atoms with van der Waals surface area (Å²) in [6.07, 6.45) is 0. The SMILES string of the molecule is Cc1cc(C)c(C(N)=O)c(Nc2ccccc2Cl)n1. The van der Waals surface area contributed by atoms with Gasteiger partial charge in [-0.3, -0.25) is 4.79 Å². The number of aryl methyl sites for hydroxylation is 2. The summed E-state index contributed by atoms with van der Waals surface area (Å²) in [7, 11) is 0. The molecule has 0 saturated heterocycles. The maximum absolute atomic E-state index is 11.5. The number of rotatable bonds is 3. The summed E-state index contributed by atoms with van der Waals surface area (Å²) in [5.41, 5.74) is 8.06. The minimum Gasteiger partial charge on any atom is -0.365 e. The Morgan fingerprint density at radius 3 is 2.63 bits per heavy atom. The van der Waals surface area contributed by atoms with E-state index in [9.17, 15) is 4.79 Å². The number of benzene rings is 1. The van der Waals surface area contributed by atoms with Gasteiger partial charge in [0.2, 0.25) is 0 Å². The van der Waals surface area contributed by atoms with Crippen LogP contribution in [0.1, 0.15) is 21.6 Å². The molecule has 19 heavy (non-hydrogen) atoms. The molecule has 0 saturated carbocycles. The van der Waals surface area contributed by atoms with E-state index in [0.29, 0.717) is 22.1 Å². The number of primary amides is 1. The van der Waals surface area contributed by atoms with Crippen LogP contribution in [-0.4, -0.2) is 10.9 Å². The minimum atomic E-state index is -0.514. The molecular formula is C14H14ClN3O. The molecule has 5 heteroatoms. The molecule has 0 spiro atoms. The van der Waals surface area contributed by atoms with Gasteiger partial charge in [0.25, 0.3) is 5.91 Å². The molecule has 0 unspecified atom stereocenters. The lowest BCUT2D eigenvalue weighted by atomic mass is 10.1. The van der Waals surface area contributed by atoms with Crippen molar-refractivity contribution in [2.45, 2.75) is 13.8 Å². The van der Waals surface area contributed by atoms with Gasteiger partial charge >= 0.3 is 0 Å². The first kappa shape index (κ1) is 13.4. The molecule has 0 atom stereocenters. The number of amides is 1. The van der Waals surface area contributed by atoms with Gasteiger partial charge in [-0.1, -0.05) is 23.7 Å². The molecule has 98 valence electrons. The van der Waals surface area contributed by atoms with Crippen LogP contribution < -0.4 is 11.1 Å². The molecule has 2 rings (SSSR count). The number of hydrogen-bond donors (Lipinski definition) is 2. The fourth-order valence-electron chi connectivity index (χ4n) is 1.93. The van der Waals surface area contributed by atoms with Gasteiger partial charge in [0.1, 0.15) is 5.82 Å². The van der Waals surface area contributed by atoms with E-state index in [1.165, 1.54) is 0 Å². The Kier molecular flexibility index (Phi) is 3.71. The molecule has 1 aromatic carbocycles. The predicted octanol–water partition coefficient (Wildman–Crippen LogP) is 3.19. The summed E-state index contributed by atoms with van der Waals surface area (Å²) < 4.78 is 0. The van der Waals surface area contributed by atoms with Crippen molar-refractivity contribution in [3.8, 4) is 0 Å². The minimum absolute atomic E-state index is 0.380. The highest BCUT2D eigenvalue weighted by Crippen LogP contribution is 2.27. The number of carbonyl (C=O) groups excluding carboxylic acids is 1. The number of hydrogen-bond acceptors (Lipinski definition) is 3. The highest BCUT2D eigenvalue weighted by atomic mass is 35.5. The average Bonchev–Trinajstić information content (AvgIpc) is 2.30. The first-order chi connectivity index (χ1) is 8.99. The maximum Gasteiger partial charge on any atom is 0.252 e. The summed E-state index contributed by atoms with van der Waals surface area (Å²) in [4.78, 5) is 15.9. The first-order valence-electron chi connectivity index (χ1n) is 5.78. The third-order valence-electron chi connectivity index (χ3n) is 2.72.